The zero-order valence-electron chi connectivity index (χ0n) is 9.93. The number of methoxy groups -OCH3 is 1. The predicted octanol–water partition coefficient (Wildman–Crippen LogP) is 1.34. The molecule has 1 aromatic rings. The Morgan fingerprint density at radius 2 is 2.53 bits per heavy atom. The average Bonchev–Trinajstić information content (AvgIpc) is 2.78. The van der Waals surface area contributed by atoms with Crippen molar-refractivity contribution in [2.75, 3.05) is 13.7 Å². The van der Waals surface area contributed by atoms with Crippen LogP contribution in [0.3, 0.4) is 0 Å². The summed E-state index contributed by atoms with van der Waals surface area (Å²) < 4.78 is 5.25. The normalized spacial score (nSPS) is 20.4. The molecule has 4 nitrogen and oxygen atoms in total. The fourth-order valence-corrected chi connectivity index (χ4v) is 2.55. The average molecular weight is 251 g/mol. The fourth-order valence-electron chi connectivity index (χ4n) is 2.28. The number of pyridine rings is 1. The van der Waals surface area contributed by atoms with Crippen LogP contribution in [0.25, 0.3) is 0 Å². The highest BCUT2D eigenvalue weighted by atomic mass is 32.1. The molecule has 0 radical (unpaired) electrons. The molecule has 2 rings (SSSR count). The van der Waals surface area contributed by atoms with E-state index in [-0.39, 0.29) is 6.04 Å². The lowest BCUT2D eigenvalue weighted by Gasteiger charge is -2.23. The summed E-state index contributed by atoms with van der Waals surface area (Å²) >= 11 is 5.10. The molecule has 2 N–H and O–H groups in total. The maximum absolute atomic E-state index is 5.76. The molecule has 1 saturated heterocycles. The van der Waals surface area contributed by atoms with Crippen LogP contribution in [0.15, 0.2) is 18.3 Å². The Hall–Kier alpha value is -1.20. The smallest absolute Gasteiger partial charge is 0.217 e. The molecule has 92 valence electrons. The Balaban J connectivity index is 2.12. The van der Waals surface area contributed by atoms with Gasteiger partial charge in [-0.15, -0.1) is 0 Å². The molecule has 0 bridgehead atoms. The number of hydrogen-bond acceptors (Lipinski definition) is 4. The van der Waals surface area contributed by atoms with Crippen LogP contribution in [-0.2, 0) is 6.54 Å². The van der Waals surface area contributed by atoms with Crippen molar-refractivity contribution < 1.29 is 4.74 Å². The van der Waals surface area contributed by atoms with Gasteiger partial charge >= 0.3 is 0 Å². The molecular formula is C12H17N3OS. The van der Waals surface area contributed by atoms with Gasteiger partial charge in [0, 0.05) is 18.3 Å². The Morgan fingerprint density at radius 1 is 1.71 bits per heavy atom. The lowest BCUT2D eigenvalue weighted by molar-refractivity contribution is 0.286. The number of nitrogens with two attached hydrogens (primary N) is 1. The van der Waals surface area contributed by atoms with Crippen LogP contribution in [0.2, 0.25) is 0 Å². The molecule has 0 saturated carbocycles. The summed E-state index contributed by atoms with van der Waals surface area (Å²) in [6.45, 7) is 1.82. The van der Waals surface area contributed by atoms with Gasteiger partial charge in [0.25, 0.3) is 0 Å². The van der Waals surface area contributed by atoms with Gasteiger partial charge < -0.3 is 10.5 Å². The van der Waals surface area contributed by atoms with Crippen LogP contribution in [0.1, 0.15) is 18.4 Å². The Morgan fingerprint density at radius 3 is 3.24 bits per heavy atom. The SMILES string of the molecule is COc1ncccc1CN1CCCC1C(N)=S. The van der Waals surface area contributed by atoms with Gasteiger partial charge in [-0.25, -0.2) is 4.98 Å². The van der Waals surface area contributed by atoms with E-state index in [1.807, 2.05) is 12.1 Å². The maximum Gasteiger partial charge on any atom is 0.217 e. The molecule has 1 unspecified atom stereocenters. The van der Waals surface area contributed by atoms with Crippen molar-refractivity contribution in [1.82, 2.24) is 9.88 Å². The predicted molar refractivity (Wildman–Crippen MR) is 71.0 cm³/mol. The summed E-state index contributed by atoms with van der Waals surface area (Å²) in [7, 11) is 1.64. The molecule has 2 heterocycles. The van der Waals surface area contributed by atoms with Crippen LogP contribution in [0.4, 0.5) is 0 Å². The number of aromatic nitrogens is 1. The lowest BCUT2D eigenvalue weighted by Crippen LogP contribution is -2.38. The maximum atomic E-state index is 5.76. The molecule has 5 heteroatoms. The molecule has 1 aliphatic rings. The molecule has 1 fully saturated rings. The summed E-state index contributed by atoms with van der Waals surface area (Å²) in [6, 6.07) is 4.17. The van der Waals surface area contributed by atoms with Gasteiger partial charge in [-0.1, -0.05) is 18.3 Å². The van der Waals surface area contributed by atoms with Crippen molar-refractivity contribution in [3.63, 3.8) is 0 Å². The van der Waals surface area contributed by atoms with Crippen molar-refractivity contribution in [3.05, 3.63) is 23.9 Å². The number of nitrogens with zero attached hydrogens (tertiary/aromatic N) is 2. The van der Waals surface area contributed by atoms with E-state index in [2.05, 4.69) is 9.88 Å². The molecule has 0 spiro atoms. The van der Waals surface area contributed by atoms with Crippen LogP contribution in [0.5, 0.6) is 5.88 Å². The first-order chi connectivity index (χ1) is 8.22. The summed E-state index contributed by atoms with van der Waals surface area (Å²) in [4.78, 5) is 7.08. The van der Waals surface area contributed by atoms with Gasteiger partial charge in [-0.2, -0.15) is 0 Å². The monoisotopic (exact) mass is 251 g/mol. The summed E-state index contributed by atoms with van der Waals surface area (Å²) in [5.74, 6) is 0.682. The van der Waals surface area contributed by atoms with Crippen molar-refractivity contribution in [2.24, 2.45) is 5.73 Å². The number of rotatable bonds is 4. The zero-order chi connectivity index (χ0) is 12.3. The molecule has 0 aliphatic carbocycles. The van der Waals surface area contributed by atoms with E-state index >= 15 is 0 Å². The third-order valence-corrected chi connectivity index (χ3v) is 3.38. The lowest BCUT2D eigenvalue weighted by atomic mass is 10.2. The van der Waals surface area contributed by atoms with Crippen LogP contribution >= 0.6 is 12.2 Å². The third-order valence-electron chi connectivity index (χ3n) is 3.11. The first-order valence-corrected chi connectivity index (χ1v) is 6.14. The second kappa shape index (κ2) is 5.42. The zero-order valence-corrected chi connectivity index (χ0v) is 10.7. The molecular weight excluding hydrogens is 234 g/mol. The van der Waals surface area contributed by atoms with Gasteiger partial charge in [0.2, 0.25) is 5.88 Å². The number of thiocarbonyl (C=S) groups is 1. The second-order valence-electron chi connectivity index (χ2n) is 4.20. The fraction of sp³-hybridized carbons (Fsp3) is 0.500. The highest BCUT2D eigenvalue weighted by molar-refractivity contribution is 7.80. The van der Waals surface area contributed by atoms with Crippen LogP contribution < -0.4 is 10.5 Å². The van der Waals surface area contributed by atoms with Crippen LogP contribution in [0, 0.1) is 0 Å². The summed E-state index contributed by atoms with van der Waals surface area (Å²) in [6.07, 6.45) is 3.93. The largest absolute Gasteiger partial charge is 0.481 e. The van der Waals surface area contributed by atoms with Gasteiger partial charge in [-0.3, -0.25) is 4.90 Å². The summed E-state index contributed by atoms with van der Waals surface area (Å²) in [5, 5.41) is 0. The standard InChI is InChI=1S/C12H17N3OS/c1-16-12-9(4-2-6-14-12)8-15-7-3-5-10(15)11(13)17/h2,4,6,10H,3,5,7-8H2,1H3,(H2,13,17). The topological polar surface area (TPSA) is 51.4 Å². The van der Waals surface area contributed by atoms with Gasteiger partial charge in [0.1, 0.15) is 0 Å². The minimum Gasteiger partial charge on any atom is -0.481 e. The molecule has 1 atom stereocenters. The first kappa shape index (κ1) is 12.3. The molecule has 17 heavy (non-hydrogen) atoms. The first-order valence-electron chi connectivity index (χ1n) is 5.73. The highest BCUT2D eigenvalue weighted by Crippen LogP contribution is 2.23. The van der Waals surface area contributed by atoms with Gasteiger partial charge in [0.05, 0.1) is 18.1 Å². The Kier molecular flexibility index (Phi) is 3.91. The Bertz CT molecular complexity index is 410. The third kappa shape index (κ3) is 2.73. The number of ether oxygens (including phenoxy) is 1. The van der Waals surface area contributed by atoms with Crippen molar-refractivity contribution in [2.45, 2.75) is 25.4 Å². The van der Waals surface area contributed by atoms with Crippen LogP contribution in [-0.4, -0.2) is 34.6 Å². The van der Waals surface area contributed by atoms with Crippen molar-refractivity contribution >= 4 is 17.2 Å². The van der Waals surface area contributed by atoms with E-state index in [0.29, 0.717) is 10.9 Å². The van der Waals surface area contributed by atoms with Crippen molar-refractivity contribution in [1.29, 1.82) is 0 Å². The highest BCUT2D eigenvalue weighted by Gasteiger charge is 2.27. The quantitative estimate of drug-likeness (QED) is 0.818. The van der Waals surface area contributed by atoms with E-state index in [1.165, 1.54) is 0 Å². The number of hydrogen-bond donors (Lipinski definition) is 1. The van der Waals surface area contributed by atoms with E-state index in [9.17, 15) is 0 Å². The summed E-state index contributed by atoms with van der Waals surface area (Å²) in [5.41, 5.74) is 6.84. The van der Waals surface area contributed by atoms with E-state index in [1.54, 1.807) is 13.3 Å². The second-order valence-corrected chi connectivity index (χ2v) is 4.67. The molecule has 0 aromatic carbocycles. The molecule has 0 amide bonds. The minimum absolute atomic E-state index is 0.218. The molecule has 1 aliphatic heterocycles. The number of likely N-dealkylation sites (tertiary alicyclic amines) is 1. The van der Waals surface area contributed by atoms with Crippen molar-refractivity contribution in [3.8, 4) is 5.88 Å². The molecule has 1 aromatic heterocycles. The van der Waals surface area contributed by atoms with E-state index in [4.69, 9.17) is 22.7 Å². The van der Waals surface area contributed by atoms with E-state index < -0.39 is 0 Å². The van der Waals surface area contributed by atoms with E-state index in [0.717, 1.165) is 31.5 Å². The van der Waals surface area contributed by atoms with Gasteiger partial charge in [0.15, 0.2) is 0 Å². The van der Waals surface area contributed by atoms with Gasteiger partial charge in [-0.05, 0) is 25.5 Å². The minimum atomic E-state index is 0.218. The Labute approximate surface area is 107 Å².